The second kappa shape index (κ2) is 9.81. The van der Waals surface area contributed by atoms with Gasteiger partial charge >= 0.3 is 0 Å². The number of pyridine rings is 1. The lowest BCUT2D eigenvalue weighted by Gasteiger charge is -2.10. The van der Waals surface area contributed by atoms with Gasteiger partial charge < -0.3 is 14.6 Å². The van der Waals surface area contributed by atoms with Crippen LogP contribution in [0.25, 0.3) is 5.65 Å². The molecule has 1 amide bonds. The van der Waals surface area contributed by atoms with Gasteiger partial charge in [0.25, 0.3) is 5.91 Å². The number of rotatable bonds is 8. The monoisotopic (exact) mass is 430 g/mol. The fraction of sp³-hybridized carbons (Fsp3) is 0.200. The normalized spacial score (nSPS) is 11.2. The predicted octanol–water partition coefficient (Wildman–Crippen LogP) is 4.62. The maximum Gasteiger partial charge on any atom is 0.251 e. The van der Waals surface area contributed by atoms with Crippen molar-refractivity contribution in [2.24, 2.45) is 0 Å². The van der Waals surface area contributed by atoms with Gasteiger partial charge in [0.1, 0.15) is 5.65 Å². The second-order valence-corrected chi connectivity index (χ2v) is 8.80. The van der Waals surface area contributed by atoms with Crippen molar-refractivity contribution in [3.05, 3.63) is 102 Å². The van der Waals surface area contributed by atoms with Crippen molar-refractivity contribution in [1.29, 1.82) is 0 Å². The quantitative estimate of drug-likeness (QED) is 0.415. The summed E-state index contributed by atoms with van der Waals surface area (Å²) >= 11 is 1.71. The molecule has 0 aliphatic carbocycles. The number of nitrogens with one attached hydrogen (secondary N) is 1. The first kappa shape index (κ1) is 21.2. The Labute approximate surface area is 187 Å². The van der Waals surface area contributed by atoms with Gasteiger partial charge in [-0.3, -0.25) is 4.79 Å². The third kappa shape index (κ3) is 5.75. The Kier molecular flexibility index (Phi) is 6.70. The van der Waals surface area contributed by atoms with E-state index in [0.717, 1.165) is 34.1 Å². The fourth-order valence-electron chi connectivity index (χ4n) is 3.33. The molecule has 0 aliphatic heterocycles. The molecule has 5 nitrogen and oxygen atoms in total. The number of fused-ring (bicyclic) bond motifs is 1. The highest BCUT2D eigenvalue weighted by Crippen LogP contribution is 2.23. The van der Waals surface area contributed by atoms with Crippen molar-refractivity contribution in [2.45, 2.75) is 23.7 Å². The Morgan fingerprint density at radius 3 is 2.45 bits per heavy atom. The van der Waals surface area contributed by atoms with E-state index < -0.39 is 0 Å². The highest BCUT2D eigenvalue weighted by Gasteiger charge is 2.07. The highest BCUT2D eigenvalue weighted by atomic mass is 32.2. The van der Waals surface area contributed by atoms with Crippen LogP contribution in [-0.4, -0.2) is 34.3 Å². The van der Waals surface area contributed by atoms with Gasteiger partial charge in [0.15, 0.2) is 0 Å². The van der Waals surface area contributed by atoms with Crippen LogP contribution in [0.1, 0.15) is 27.2 Å². The Hall–Kier alpha value is -3.09. The number of thioether (sulfide) groups is 1. The van der Waals surface area contributed by atoms with E-state index in [0.29, 0.717) is 12.1 Å². The minimum atomic E-state index is -0.0609. The van der Waals surface area contributed by atoms with Crippen LogP contribution in [0.4, 0.5) is 0 Å². The molecule has 0 saturated heterocycles. The van der Waals surface area contributed by atoms with Gasteiger partial charge in [-0.05, 0) is 61.6 Å². The van der Waals surface area contributed by atoms with E-state index in [1.54, 1.807) is 11.8 Å². The van der Waals surface area contributed by atoms with Crippen molar-refractivity contribution >= 4 is 23.3 Å². The molecular weight excluding hydrogens is 404 g/mol. The Morgan fingerprint density at radius 2 is 1.74 bits per heavy atom. The average Bonchev–Trinajstić information content (AvgIpc) is 3.20. The molecule has 4 rings (SSSR count). The number of hydrogen-bond acceptors (Lipinski definition) is 4. The van der Waals surface area contributed by atoms with E-state index in [1.165, 1.54) is 5.56 Å². The molecule has 0 spiro atoms. The Balaban J connectivity index is 1.28. The lowest BCUT2D eigenvalue weighted by Crippen LogP contribution is -2.22. The summed E-state index contributed by atoms with van der Waals surface area (Å²) in [4.78, 5) is 20.4. The van der Waals surface area contributed by atoms with E-state index in [1.807, 2.05) is 53.1 Å². The Bertz CT molecular complexity index is 1120. The van der Waals surface area contributed by atoms with Gasteiger partial charge in [-0.2, -0.15) is 0 Å². The van der Waals surface area contributed by atoms with Crippen molar-refractivity contribution in [3.8, 4) is 0 Å². The first-order valence-electron chi connectivity index (χ1n) is 10.2. The fourth-order valence-corrected chi connectivity index (χ4v) is 4.11. The van der Waals surface area contributed by atoms with Crippen molar-refractivity contribution in [2.75, 3.05) is 14.1 Å². The summed E-state index contributed by atoms with van der Waals surface area (Å²) in [5.41, 5.74) is 5.01. The number of hydrogen-bond donors (Lipinski definition) is 1. The molecule has 6 heteroatoms. The van der Waals surface area contributed by atoms with E-state index in [-0.39, 0.29) is 5.91 Å². The van der Waals surface area contributed by atoms with Crippen LogP contribution in [0.2, 0.25) is 0 Å². The number of aromatic nitrogens is 2. The number of nitrogens with zero attached hydrogens (tertiary/aromatic N) is 3. The zero-order valence-electron chi connectivity index (χ0n) is 17.8. The molecule has 158 valence electrons. The molecule has 0 saturated carbocycles. The molecule has 0 atom stereocenters. The smallest absolute Gasteiger partial charge is 0.251 e. The second-order valence-electron chi connectivity index (χ2n) is 7.75. The minimum Gasteiger partial charge on any atom is -0.348 e. The SMILES string of the molecule is CN(C)Cc1ccc(CNC(=O)c2ccc(SCc3cn4ccccc4n3)cc2)cc1. The van der Waals surface area contributed by atoms with Crippen LogP contribution in [0.5, 0.6) is 0 Å². The largest absolute Gasteiger partial charge is 0.348 e. The summed E-state index contributed by atoms with van der Waals surface area (Å²) in [6.07, 6.45) is 4.05. The molecule has 0 unspecified atom stereocenters. The topological polar surface area (TPSA) is 49.6 Å². The molecule has 2 aromatic heterocycles. The van der Waals surface area contributed by atoms with Crippen LogP contribution in [0.15, 0.2) is 84.0 Å². The summed E-state index contributed by atoms with van der Waals surface area (Å²) in [6, 6.07) is 22.1. The van der Waals surface area contributed by atoms with Gasteiger partial charge in [-0.25, -0.2) is 4.98 Å². The van der Waals surface area contributed by atoms with Crippen LogP contribution in [0.3, 0.4) is 0 Å². The maximum absolute atomic E-state index is 12.5. The number of carbonyl (C=O) groups excluding carboxylic acids is 1. The molecule has 2 heterocycles. The van der Waals surface area contributed by atoms with E-state index in [4.69, 9.17) is 0 Å². The summed E-state index contributed by atoms with van der Waals surface area (Å²) in [5, 5.41) is 3.00. The molecule has 0 fully saturated rings. The number of amides is 1. The highest BCUT2D eigenvalue weighted by molar-refractivity contribution is 7.98. The first-order chi connectivity index (χ1) is 15.1. The van der Waals surface area contributed by atoms with Gasteiger partial charge in [0, 0.05) is 41.7 Å². The minimum absolute atomic E-state index is 0.0609. The van der Waals surface area contributed by atoms with E-state index >= 15 is 0 Å². The third-order valence-corrected chi connectivity index (χ3v) is 5.94. The van der Waals surface area contributed by atoms with Crippen molar-refractivity contribution in [1.82, 2.24) is 19.6 Å². The molecule has 2 aromatic carbocycles. The summed E-state index contributed by atoms with van der Waals surface area (Å²) < 4.78 is 2.03. The van der Waals surface area contributed by atoms with Crippen molar-refractivity contribution < 1.29 is 4.79 Å². The molecule has 0 aliphatic rings. The van der Waals surface area contributed by atoms with Crippen LogP contribution >= 0.6 is 11.8 Å². The maximum atomic E-state index is 12.5. The van der Waals surface area contributed by atoms with Crippen LogP contribution in [0, 0.1) is 0 Å². The standard InChI is InChI=1S/C25H26N4OS/c1-28(2)16-20-8-6-19(7-9-20)15-26-25(30)21-10-12-23(13-11-21)31-18-22-17-29-14-4-3-5-24(29)27-22/h3-14,17H,15-16,18H2,1-2H3,(H,26,30). The zero-order valence-corrected chi connectivity index (χ0v) is 18.6. The van der Waals surface area contributed by atoms with Gasteiger partial charge in [-0.15, -0.1) is 11.8 Å². The molecule has 0 radical (unpaired) electrons. The van der Waals surface area contributed by atoms with Crippen LogP contribution in [-0.2, 0) is 18.8 Å². The number of imidazole rings is 1. The lowest BCUT2D eigenvalue weighted by molar-refractivity contribution is 0.0951. The zero-order chi connectivity index (χ0) is 21.6. The number of benzene rings is 2. The summed E-state index contributed by atoms with van der Waals surface area (Å²) in [7, 11) is 4.11. The van der Waals surface area contributed by atoms with E-state index in [9.17, 15) is 4.79 Å². The third-order valence-electron chi connectivity index (χ3n) is 4.89. The van der Waals surface area contributed by atoms with Gasteiger partial charge in [0.2, 0.25) is 0 Å². The molecule has 31 heavy (non-hydrogen) atoms. The molecule has 4 aromatic rings. The molecule has 0 bridgehead atoms. The lowest BCUT2D eigenvalue weighted by atomic mass is 10.1. The predicted molar refractivity (Wildman–Crippen MR) is 126 cm³/mol. The van der Waals surface area contributed by atoms with Gasteiger partial charge in [-0.1, -0.05) is 30.3 Å². The summed E-state index contributed by atoms with van der Waals surface area (Å²) in [6.45, 7) is 1.43. The first-order valence-corrected chi connectivity index (χ1v) is 11.2. The molecular formula is C25H26N4OS. The number of carbonyl (C=O) groups is 1. The summed E-state index contributed by atoms with van der Waals surface area (Å²) in [5.74, 6) is 0.728. The van der Waals surface area contributed by atoms with E-state index in [2.05, 4.69) is 59.8 Å². The van der Waals surface area contributed by atoms with Gasteiger partial charge in [0.05, 0.1) is 5.69 Å². The molecule has 1 N–H and O–H groups in total. The average molecular weight is 431 g/mol. The van der Waals surface area contributed by atoms with Crippen LogP contribution < -0.4 is 5.32 Å². The Morgan fingerprint density at radius 1 is 1.00 bits per heavy atom. The van der Waals surface area contributed by atoms with Crippen molar-refractivity contribution in [3.63, 3.8) is 0 Å².